The molecule has 2 fully saturated rings. The van der Waals surface area contributed by atoms with Crippen molar-refractivity contribution in [1.82, 2.24) is 0 Å². The first kappa shape index (κ1) is 13.7. The maximum absolute atomic E-state index is 13.1. The quantitative estimate of drug-likeness (QED) is 0.641. The number of fused-ring (bicyclic) bond motifs is 2. The summed E-state index contributed by atoms with van der Waals surface area (Å²) in [6.07, 6.45) is 2.99. The first-order chi connectivity index (χ1) is 11.7. The lowest BCUT2D eigenvalue weighted by molar-refractivity contribution is -0.139. The minimum Gasteiger partial charge on any atom is -0.460 e. The zero-order valence-electron chi connectivity index (χ0n) is 12.8. The Labute approximate surface area is 138 Å². The minimum atomic E-state index is -0.688. The van der Waals surface area contributed by atoms with Crippen molar-refractivity contribution in [3.63, 3.8) is 0 Å². The van der Waals surface area contributed by atoms with Crippen LogP contribution >= 0.6 is 0 Å². The average Bonchev–Trinajstić information content (AvgIpc) is 3.24. The van der Waals surface area contributed by atoms with E-state index in [1.807, 2.05) is 54.6 Å². The van der Waals surface area contributed by atoms with Gasteiger partial charge in [-0.1, -0.05) is 48.6 Å². The summed E-state index contributed by atoms with van der Waals surface area (Å²) >= 11 is 0. The molecule has 5 nitrogen and oxygen atoms in total. The van der Waals surface area contributed by atoms with Gasteiger partial charge < -0.3 is 14.4 Å². The number of carbonyl (C=O) groups excluding carboxylic acids is 2. The van der Waals surface area contributed by atoms with Gasteiger partial charge in [0.05, 0.1) is 12.2 Å². The maximum atomic E-state index is 13.1. The smallest absolute Gasteiger partial charge is 0.293 e. The fourth-order valence-corrected chi connectivity index (χ4v) is 4.31. The Kier molecular flexibility index (Phi) is 2.68. The zero-order valence-corrected chi connectivity index (χ0v) is 12.8. The third-order valence-electron chi connectivity index (χ3n) is 5.31. The molecular weight excluding hydrogens is 306 g/mol. The number of rotatable bonds is 3. The molecule has 3 heterocycles. The number of hydrogen-bond acceptors (Lipinski definition) is 4. The molecule has 0 aliphatic carbocycles. The van der Waals surface area contributed by atoms with E-state index in [0.717, 1.165) is 16.5 Å². The van der Waals surface area contributed by atoms with Crippen molar-refractivity contribution in [2.24, 2.45) is 5.92 Å². The molecular formula is C19H15NO4. The zero-order chi connectivity index (χ0) is 16.3. The van der Waals surface area contributed by atoms with E-state index < -0.39 is 17.6 Å². The molecule has 3 aliphatic heterocycles. The number of hydrogen-bond donors (Lipinski definition) is 0. The highest BCUT2D eigenvalue weighted by atomic mass is 16.6. The fourth-order valence-electron chi connectivity index (χ4n) is 4.31. The van der Waals surface area contributed by atoms with Crippen LogP contribution in [0.4, 0.5) is 5.69 Å². The molecule has 1 spiro atoms. The molecule has 24 heavy (non-hydrogen) atoms. The lowest BCUT2D eigenvalue weighted by Gasteiger charge is -2.22. The molecule has 5 heteroatoms. The second-order valence-electron chi connectivity index (χ2n) is 6.49. The van der Waals surface area contributed by atoms with Crippen LogP contribution in [0.25, 0.3) is 10.8 Å². The number of carbonyl (C=O) groups is 2. The number of ether oxygens (including phenoxy) is 2. The normalized spacial score (nSPS) is 33.2. The van der Waals surface area contributed by atoms with Gasteiger partial charge in [0.25, 0.3) is 6.47 Å². The summed E-state index contributed by atoms with van der Waals surface area (Å²) in [6.45, 7) is 0.848. The Morgan fingerprint density at radius 1 is 1.21 bits per heavy atom. The first-order valence-electron chi connectivity index (χ1n) is 7.99. The Morgan fingerprint density at radius 3 is 2.92 bits per heavy atom. The molecule has 0 aromatic heterocycles. The molecule has 1 amide bonds. The van der Waals surface area contributed by atoms with Crippen molar-refractivity contribution in [3.8, 4) is 0 Å². The fraction of sp³-hybridized carbons (Fsp3) is 0.263. The third kappa shape index (κ3) is 1.62. The molecule has 2 aromatic carbocycles. The van der Waals surface area contributed by atoms with Crippen LogP contribution in [0, 0.1) is 5.92 Å². The molecule has 4 atom stereocenters. The lowest BCUT2D eigenvalue weighted by atomic mass is 9.83. The summed E-state index contributed by atoms with van der Waals surface area (Å²) in [5, 5.41) is 2.11. The Bertz CT molecular complexity index is 887. The maximum Gasteiger partial charge on any atom is 0.293 e. The van der Waals surface area contributed by atoms with Gasteiger partial charge in [-0.05, 0) is 11.5 Å². The SMILES string of the molecule is O=CO[C@H]1[C@@H]2C=C[C@@]3(CN(c4cccc5ccccc45)C(=O)[C@@H]13)O2. The predicted octanol–water partition coefficient (Wildman–Crippen LogP) is 2.05. The van der Waals surface area contributed by atoms with E-state index >= 15 is 0 Å². The number of nitrogens with zero attached hydrogens (tertiary/aromatic N) is 1. The second kappa shape index (κ2) is 4.68. The number of benzene rings is 2. The summed E-state index contributed by atoms with van der Waals surface area (Å²) in [5.74, 6) is -0.526. The van der Waals surface area contributed by atoms with Gasteiger partial charge in [0.15, 0.2) is 0 Å². The lowest BCUT2D eigenvalue weighted by Crippen LogP contribution is -2.40. The van der Waals surface area contributed by atoms with E-state index in [9.17, 15) is 9.59 Å². The van der Waals surface area contributed by atoms with E-state index in [4.69, 9.17) is 9.47 Å². The predicted molar refractivity (Wildman–Crippen MR) is 87.5 cm³/mol. The van der Waals surface area contributed by atoms with Crippen molar-refractivity contribution in [3.05, 3.63) is 54.6 Å². The molecule has 0 N–H and O–H groups in total. The highest BCUT2D eigenvalue weighted by molar-refractivity contribution is 6.07. The molecule has 5 rings (SSSR count). The molecule has 120 valence electrons. The molecule has 2 bridgehead atoms. The van der Waals surface area contributed by atoms with Crippen LogP contribution in [0.15, 0.2) is 54.6 Å². The largest absolute Gasteiger partial charge is 0.460 e. The average molecular weight is 321 g/mol. The van der Waals surface area contributed by atoms with Crippen molar-refractivity contribution in [1.29, 1.82) is 0 Å². The van der Waals surface area contributed by atoms with Crippen molar-refractivity contribution in [2.75, 3.05) is 11.4 Å². The standard InChI is InChI=1S/C19H15NO4/c21-11-23-17-15-8-9-19(24-15)10-20(18(22)16(17)19)14-7-3-5-12-4-1-2-6-13(12)14/h1-9,11,15-17H,10H2/t15-,16+,17-,19-/m0/s1. The van der Waals surface area contributed by atoms with Gasteiger partial charge in [0.1, 0.15) is 23.7 Å². The Morgan fingerprint density at radius 2 is 2.04 bits per heavy atom. The summed E-state index contributed by atoms with van der Waals surface area (Å²) in [5.41, 5.74) is 0.180. The van der Waals surface area contributed by atoms with Gasteiger partial charge in [-0.2, -0.15) is 0 Å². The minimum absolute atomic E-state index is 0.0509. The van der Waals surface area contributed by atoms with Gasteiger partial charge in [-0.15, -0.1) is 0 Å². The number of amides is 1. The number of anilines is 1. The Hall–Kier alpha value is -2.66. The Balaban J connectivity index is 1.61. The van der Waals surface area contributed by atoms with Gasteiger partial charge in [0, 0.05) is 5.39 Å². The second-order valence-corrected chi connectivity index (χ2v) is 6.49. The highest BCUT2D eigenvalue weighted by Crippen LogP contribution is 2.51. The third-order valence-corrected chi connectivity index (χ3v) is 5.31. The van der Waals surface area contributed by atoms with E-state index in [1.165, 1.54) is 0 Å². The van der Waals surface area contributed by atoms with Crippen molar-refractivity contribution in [2.45, 2.75) is 17.8 Å². The van der Waals surface area contributed by atoms with E-state index in [1.54, 1.807) is 4.90 Å². The van der Waals surface area contributed by atoms with Gasteiger partial charge >= 0.3 is 0 Å². The van der Waals surface area contributed by atoms with Crippen LogP contribution in [-0.4, -0.2) is 36.7 Å². The van der Waals surface area contributed by atoms with Crippen molar-refractivity contribution < 1.29 is 19.1 Å². The summed E-state index contributed by atoms with van der Waals surface area (Å²) in [7, 11) is 0. The summed E-state index contributed by atoms with van der Waals surface area (Å²) < 4.78 is 11.2. The van der Waals surface area contributed by atoms with E-state index in [-0.39, 0.29) is 12.0 Å². The summed E-state index contributed by atoms with van der Waals surface area (Å²) in [6, 6.07) is 13.9. The topological polar surface area (TPSA) is 55.8 Å². The highest BCUT2D eigenvalue weighted by Gasteiger charge is 2.66. The molecule has 0 unspecified atom stereocenters. The van der Waals surface area contributed by atoms with E-state index in [0.29, 0.717) is 13.0 Å². The summed E-state index contributed by atoms with van der Waals surface area (Å²) in [4.78, 5) is 25.7. The van der Waals surface area contributed by atoms with Gasteiger partial charge in [0.2, 0.25) is 5.91 Å². The van der Waals surface area contributed by atoms with Gasteiger partial charge in [-0.3, -0.25) is 9.59 Å². The molecule has 2 aromatic rings. The van der Waals surface area contributed by atoms with Crippen LogP contribution < -0.4 is 4.90 Å². The van der Waals surface area contributed by atoms with Crippen LogP contribution in [0.2, 0.25) is 0 Å². The van der Waals surface area contributed by atoms with Crippen LogP contribution in [0.5, 0.6) is 0 Å². The molecule has 2 saturated heterocycles. The molecule has 0 radical (unpaired) electrons. The van der Waals surface area contributed by atoms with Crippen LogP contribution in [0.1, 0.15) is 0 Å². The van der Waals surface area contributed by atoms with E-state index in [2.05, 4.69) is 0 Å². The van der Waals surface area contributed by atoms with Gasteiger partial charge in [-0.25, -0.2) is 0 Å². The molecule has 0 saturated carbocycles. The monoisotopic (exact) mass is 321 g/mol. The van der Waals surface area contributed by atoms with Crippen molar-refractivity contribution >= 4 is 28.8 Å². The molecule has 3 aliphatic rings. The van der Waals surface area contributed by atoms with Crippen LogP contribution in [-0.2, 0) is 19.1 Å². The first-order valence-corrected chi connectivity index (χ1v) is 7.99. The van der Waals surface area contributed by atoms with Crippen LogP contribution in [0.3, 0.4) is 0 Å².